The van der Waals surface area contributed by atoms with Crippen LogP contribution >= 0.6 is 0 Å². The van der Waals surface area contributed by atoms with Gasteiger partial charge in [0.2, 0.25) is 0 Å². The van der Waals surface area contributed by atoms with Gasteiger partial charge >= 0.3 is 6.09 Å². The van der Waals surface area contributed by atoms with Crippen LogP contribution in [0.15, 0.2) is 43.2 Å². The minimum absolute atomic E-state index is 0.367. The molecule has 0 spiro atoms. The van der Waals surface area contributed by atoms with Crippen molar-refractivity contribution in [3.8, 4) is 0 Å². The third-order valence-electron chi connectivity index (χ3n) is 1.99. The number of benzene rings is 1. The van der Waals surface area contributed by atoms with Gasteiger partial charge in [-0.1, -0.05) is 18.2 Å². The average molecular weight is 217 g/mol. The van der Waals surface area contributed by atoms with Crippen LogP contribution < -0.4 is 10.2 Å². The van der Waals surface area contributed by atoms with Gasteiger partial charge in [0.1, 0.15) is 11.8 Å². The van der Waals surface area contributed by atoms with E-state index in [0.717, 1.165) is 11.0 Å². The summed E-state index contributed by atoms with van der Waals surface area (Å²) in [4.78, 5) is 20.4. The number of hydrogen-bond donors (Lipinski definition) is 1. The van der Waals surface area contributed by atoms with Crippen molar-refractivity contribution in [2.45, 2.75) is 0 Å². The predicted molar refractivity (Wildman–Crippen MR) is 59.9 cm³/mol. The van der Waals surface area contributed by atoms with E-state index in [1.165, 1.54) is 11.1 Å². The van der Waals surface area contributed by atoms with E-state index in [1.54, 1.807) is 6.08 Å². The molecule has 0 saturated carbocycles. The second-order valence-electron chi connectivity index (χ2n) is 3.11. The van der Waals surface area contributed by atoms with Crippen molar-refractivity contribution in [2.24, 2.45) is 0 Å². The summed E-state index contributed by atoms with van der Waals surface area (Å²) < 4.78 is 1.33. The highest BCUT2D eigenvalue weighted by molar-refractivity contribution is 5.76. The molecule has 1 N–H and O–H groups in total. The number of carbonyl (C=O) groups excluding carboxylic acids is 1. The number of aromatic nitrogens is 2. The highest BCUT2D eigenvalue weighted by Gasteiger charge is 2.06. The molecule has 1 aromatic carbocycles. The van der Waals surface area contributed by atoms with Crippen molar-refractivity contribution in [1.82, 2.24) is 15.0 Å². The molecule has 0 aliphatic rings. The number of fused-ring (bicyclic) bond motifs is 1. The van der Waals surface area contributed by atoms with Gasteiger partial charge in [0.05, 0.1) is 5.52 Å². The molecule has 2 aromatic rings. The number of amides is 1. The van der Waals surface area contributed by atoms with E-state index in [1.807, 2.05) is 24.3 Å². The highest BCUT2D eigenvalue weighted by atomic mass is 16.7. The normalized spacial score (nSPS) is 10.0. The molecule has 2 rings (SSSR count). The van der Waals surface area contributed by atoms with E-state index in [0.29, 0.717) is 6.54 Å². The monoisotopic (exact) mass is 217 g/mol. The molecule has 0 aliphatic heterocycles. The van der Waals surface area contributed by atoms with E-state index in [2.05, 4.69) is 16.9 Å². The minimum atomic E-state index is -0.539. The number of carbonyl (C=O) groups is 1. The van der Waals surface area contributed by atoms with Gasteiger partial charge in [0, 0.05) is 6.54 Å². The fraction of sp³-hybridized carbons (Fsp3) is 0.0909. The smallest absolute Gasteiger partial charge is 0.316 e. The lowest BCUT2D eigenvalue weighted by atomic mass is 10.3. The third kappa shape index (κ3) is 2.03. The summed E-state index contributed by atoms with van der Waals surface area (Å²) in [5.74, 6) is 0. The van der Waals surface area contributed by atoms with Crippen LogP contribution in [0.4, 0.5) is 4.79 Å². The maximum absolute atomic E-state index is 11.3. The molecule has 1 heterocycles. The topological polar surface area (TPSA) is 56.1 Å². The molecule has 0 aliphatic carbocycles. The quantitative estimate of drug-likeness (QED) is 0.790. The van der Waals surface area contributed by atoms with Crippen LogP contribution in [0, 0.1) is 0 Å². The first kappa shape index (κ1) is 10.2. The third-order valence-corrected chi connectivity index (χ3v) is 1.99. The number of imidazole rings is 1. The number of rotatable bonds is 3. The zero-order valence-corrected chi connectivity index (χ0v) is 8.59. The molecule has 16 heavy (non-hydrogen) atoms. The summed E-state index contributed by atoms with van der Waals surface area (Å²) in [6, 6.07) is 7.39. The van der Waals surface area contributed by atoms with Crippen molar-refractivity contribution < 1.29 is 9.63 Å². The first-order valence-corrected chi connectivity index (χ1v) is 4.80. The molecule has 0 saturated heterocycles. The minimum Gasteiger partial charge on any atom is -0.316 e. The summed E-state index contributed by atoms with van der Waals surface area (Å²) in [6.07, 6.45) is 2.49. The van der Waals surface area contributed by atoms with Crippen LogP contribution in [-0.2, 0) is 0 Å². The molecular formula is C11H11N3O2. The fourth-order valence-corrected chi connectivity index (χ4v) is 1.29. The van der Waals surface area contributed by atoms with Crippen LogP contribution in [0.3, 0.4) is 0 Å². The molecule has 0 radical (unpaired) electrons. The highest BCUT2D eigenvalue weighted by Crippen LogP contribution is 2.09. The summed E-state index contributed by atoms with van der Waals surface area (Å²) in [5, 5.41) is 2.51. The number of para-hydroxylation sites is 2. The van der Waals surface area contributed by atoms with Crippen molar-refractivity contribution >= 4 is 17.1 Å². The lowest BCUT2D eigenvalue weighted by Gasteiger charge is -2.04. The zero-order chi connectivity index (χ0) is 11.4. The summed E-state index contributed by atoms with van der Waals surface area (Å²) >= 11 is 0. The van der Waals surface area contributed by atoms with Crippen molar-refractivity contribution in [2.75, 3.05) is 6.54 Å². The number of hydrogen-bond acceptors (Lipinski definition) is 3. The Morgan fingerprint density at radius 1 is 1.56 bits per heavy atom. The SMILES string of the molecule is C=CCNC(=O)On1cnc2ccccc21. The Balaban J connectivity index is 2.15. The maximum atomic E-state index is 11.3. The molecule has 0 bridgehead atoms. The predicted octanol–water partition coefficient (Wildman–Crippen LogP) is 1.36. The number of nitrogens with one attached hydrogen (secondary N) is 1. The van der Waals surface area contributed by atoms with Gasteiger partial charge in [-0.3, -0.25) is 0 Å². The van der Waals surface area contributed by atoms with Gasteiger partial charge in [-0.25, -0.2) is 9.78 Å². The first-order chi connectivity index (χ1) is 7.81. The molecule has 0 fully saturated rings. The molecule has 82 valence electrons. The van der Waals surface area contributed by atoms with Gasteiger partial charge in [0.15, 0.2) is 0 Å². The molecule has 5 nitrogen and oxygen atoms in total. The van der Waals surface area contributed by atoms with Gasteiger partial charge in [-0.15, -0.1) is 6.58 Å². The Morgan fingerprint density at radius 3 is 3.19 bits per heavy atom. The van der Waals surface area contributed by atoms with E-state index in [-0.39, 0.29) is 0 Å². The van der Waals surface area contributed by atoms with Gasteiger partial charge in [-0.05, 0) is 12.1 Å². The lowest BCUT2D eigenvalue weighted by molar-refractivity contribution is 0.139. The van der Waals surface area contributed by atoms with E-state index >= 15 is 0 Å². The van der Waals surface area contributed by atoms with Crippen molar-refractivity contribution in [3.63, 3.8) is 0 Å². The van der Waals surface area contributed by atoms with Crippen LogP contribution in [0.2, 0.25) is 0 Å². The Hall–Kier alpha value is -2.30. The average Bonchev–Trinajstić information content (AvgIpc) is 2.70. The van der Waals surface area contributed by atoms with Crippen LogP contribution in [-0.4, -0.2) is 22.4 Å². The standard InChI is InChI=1S/C11H11N3O2/c1-2-7-12-11(15)16-14-8-13-9-5-3-4-6-10(9)14/h2-6,8H,1,7H2,(H,12,15). The van der Waals surface area contributed by atoms with Crippen molar-refractivity contribution in [3.05, 3.63) is 43.2 Å². The Kier molecular flexibility index (Phi) is 2.86. The van der Waals surface area contributed by atoms with E-state index < -0.39 is 6.09 Å². The van der Waals surface area contributed by atoms with E-state index in [9.17, 15) is 4.79 Å². The molecule has 0 atom stereocenters. The molecule has 5 heteroatoms. The maximum Gasteiger partial charge on any atom is 0.432 e. The van der Waals surface area contributed by atoms with Crippen LogP contribution in [0.25, 0.3) is 11.0 Å². The molecule has 1 amide bonds. The van der Waals surface area contributed by atoms with Gasteiger partial charge < -0.3 is 10.2 Å². The lowest BCUT2D eigenvalue weighted by Crippen LogP contribution is -2.31. The zero-order valence-electron chi connectivity index (χ0n) is 8.59. The van der Waals surface area contributed by atoms with Gasteiger partial charge in [-0.2, -0.15) is 4.73 Å². The largest absolute Gasteiger partial charge is 0.432 e. The van der Waals surface area contributed by atoms with Crippen LogP contribution in [0.5, 0.6) is 0 Å². The van der Waals surface area contributed by atoms with Crippen LogP contribution in [0.1, 0.15) is 0 Å². The molecule has 0 unspecified atom stereocenters. The second-order valence-corrected chi connectivity index (χ2v) is 3.11. The number of nitrogens with zero attached hydrogens (tertiary/aromatic N) is 2. The fourth-order valence-electron chi connectivity index (χ4n) is 1.29. The van der Waals surface area contributed by atoms with Gasteiger partial charge in [0.25, 0.3) is 0 Å². The molecular weight excluding hydrogens is 206 g/mol. The Morgan fingerprint density at radius 2 is 2.38 bits per heavy atom. The summed E-state index contributed by atoms with van der Waals surface area (Å²) in [7, 11) is 0. The Labute approximate surface area is 92.3 Å². The second kappa shape index (κ2) is 4.48. The first-order valence-electron chi connectivity index (χ1n) is 4.80. The summed E-state index contributed by atoms with van der Waals surface area (Å²) in [5.41, 5.74) is 1.52. The van der Waals surface area contributed by atoms with E-state index in [4.69, 9.17) is 4.84 Å². The summed E-state index contributed by atoms with van der Waals surface area (Å²) in [6.45, 7) is 3.86. The van der Waals surface area contributed by atoms with Crippen molar-refractivity contribution in [1.29, 1.82) is 0 Å². The Bertz CT molecular complexity index is 519. The molecule has 1 aromatic heterocycles.